The number of carbonyl (C=O) groups is 2. The summed E-state index contributed by atoms with van der Waals surface area (Å²) in [6.07, 6.45) is 0.0913. The predicted molar refractivity (Wildman–Crippen MR) is 85.3 cm³/mol. The molecule has 1 aromatic heterocycles. The van der Waals surface area contributed by atoms with Crippen molar-refractivity contribution in [3.63, 3.8) is 0 Å². The molecular formula is C15H14BrNO3S. The van der Waals surface area contributed by atoms with Crippen LogP contribution in [0.3, 0.4) is 0 Å². The van der Waals surface area contributed by atoms with Gasteiger partial charge in [-0.05, 0) is 29.1 Å². The van der Waals surface area contributed by atoms with Gasteiger partial charge in [-0.25, -0.2) is 0 Å². The lowest BCUT2D eigenvalue weighted by molar-refractivity contribution is -0.141. The van der Waals surface area contributed by atoms with Gasteiger partial charge >= 0.3 is 5.97 Å². The van der Waals surface area contributed by atoms with Gasteiger partial charge in [-0.3, -0.25) is 9.59 Å². The first kappa shape index (κ1) is 15.7. The molecule has 2 aromatic rings. The third-order valence-corrected chi connectivity index (χ3v) is 4.17. The number of carbonyl (C=O) groups excluding carboxylic acids is 2. The molecule has 1 N–H and O–H groups in total. The normalized spacial score (nSPS) is 11.7. The number of nitrogens with one attached hydrogen (secondary N) is 1. The van der Waals surface area contributed by atoms with E-state index in [9.17, 15) is 9.59 Å². The van der Waals surface area contributed by atoms with E-state index in [-0.39, 0.29) is 18.3 Å². The zero-order valence-electron chi connectivity index (χ0n) is 11.3. The minimum absolute atomic E-state index is 0.0913. The highest BCUT2D eigenvalue weighted by Gasteiger charge is 2.19. The van der Waals surface area contributed by atoms with Crippen LogP contribution in [-0.2, 0) is 9.53 Å². The number of hydrogen-bond acceptors (Lipinski definition) is 4. The molecule has 1 aromatic carbocycles. The van der Waals surface area contributed by atoms with E-state index in [1.165, 1.54) is 18.4 Å². The van der Waals surface area contributed by atoms with Crippen LogP contribution in [0.15, 0.2) is 45.6 Å². The summed E-state index contributed by atoms with van der Waals surface area (Å²) in [5.41, 5.74) is 1.44. The average Bonchev–Trinajstić information content (AvgIpc) is 3.01. The third-order valence-electron chi connectivity index (χ3n) is 2.96. The molecule has 0 aliphatic carbocycles. The molecule has 0 spiro atoms. The second-order valence-electron chi connectivity index (χ2n) is 4.37. The fraction of sp³-hybridized carbons (Fsp3) is 0.200. The summed E-state index contributed by atoms with van der Waals surface area (Å²) in [4.78, 5) is 23.7. The molecule has 0 saturated carbocycles. The Morgan fingerprint density at radius 3 is 2.57 bits per heavy atom. The van der Waals surface area contributed by atoms with Crippen LogP contribution in [0.25, 0.3) is 0 Å². The number of halogens is 1. The Balaban J connectivity index is 2.17. The quantitative estimate of drug-likeness (QED) is 0.822. The van der Waals surface area contributed by atoms with Crippen LogP contribution in [0.2, 0.25) is 0 Å². The molecule has 0 saturated heterocycles. The van der Waals surface area contributed by atoms with Gasteiger partial charge in [-0.1, -0.05) is 28.1 Å². The number of benzene rings is 1. The van der Waals surface area contributed by atoms with Gasteiger partial charge in [0.1, 0.15) is 0 Å². The highest BCUT2D eigenvalue weighted by Crippen LogP contribution is 2.21. The number of thiophene rings is 1. The molecule has 4 nitrogen and oxygen atoms in total. The molecule has 110 valence electrons. The molecule has 0 aliphatic rings. The van der Waals surface area contributed by atoms with Crippen LogP contribution < -0.4 is 5.32 Å². The van der Waals surface area contributed by atoms with Crippen LogP contribution in [-0.4, -0.2) is 19.0 Å². The van der Waals surface area contributed by atoms with E-state index < -0.39 is 6.04 Å². The van der Waals surface area contributed by atoms with Crippen molar-refractivity contribution >= 4 is 39.1 Å². The summed E-state index contributed by atoms with van der Waals surface area (Å²) >= 11 is 4.82. The molecule has 2 rings (SSSR count). The van der Waals surface area contributed by atoms with E-state index in [1.54, 1.807) is 11.4 Å². The Bertz CT molecular complexity index is 610. The first-order valence-electron chi connectivity index (χ1n) is 6.25. The Morgan fingerprint density at radius 1 is 1.29 bits per heavy atom. The maximum atomic E-state index is 12.2. The maximum absolute atomic E-state index is 12.2. The number of ether oxygens (including phenoxy) is 1. The van der Waals surface area contributed by atoms with E-state index in [0.29, 0.717) is 5.56 Å². The molecule has 1 unspecified atom stereocenters. The highest BCUT2D eigenvalue weighted by molar-refractivity contribution is 9.10. The first-order chi connectivity index (χ1) is 10.1. The zero-order valence-corrected chi connectivity index (χ0v) is 13.7. The van der Waals surface area contributed by atoms with Crippen LogP contribution in [0.5, 0.6) is 0 Å². The highest BCUT2D eigenvalue weighted by atomic mass is 79.9. The third kappa shape index (κ3) is 4.41. The second-order valence-corrected chi connectivity index (χ2v) is 6.07. The van der Waals surface area contributed by atoms with Gasteiger partial charge in [0.25, 0.3) is 5.91 Å². The van der Waals surface area contributed by atoms with Crippen LogP contribution in [0, 0.1) is 0 Å². The zero-order chi connectivity index (χ0) is 15.2. The van der Waals surface area contributed by atoms with Crippen molar-refractivity contribution in [1.82, 2.24) is 5.32 Å². The van der Waals surface area contributed by atoms with Crippen molar-refractivity contribution < 1.29 is 14.3 Å². The van der Waals surface area contributed by atoms with Crippen LogP contribution >= 0.6 is 27.3 Å². The fourth-order valence-electron chi connectivity index (χ4n) is 1.83. The molecule has 1 amide bonds. The minimum Gasteiger partial charge on any atom is -0.469 e. The van der Waals surface area contributed by atoms with Gasteiger partial charge < -0.3 is 10.1 Å². The van der Waals surface area contributed by atoms with Crippen molar-refractivity contribution in [2.75, 3.05) is 7.11 Å². The van der Waals surface area contributed by atoms with Crippen molar-refractivity contribution in [1.29, 1.82) is 0 Å². The van der Waals surface area contributed by atoms with Gasteiger partial charge in [-0.15, -0.1) is 0 Å². The monoisotopic (exact) mass is 367 g/mol. The lowest BCUT2D eigenvalue weighted by atomic mass is 10.0. The second kappa shape index (κ2) is 7.38. The van der Waals surface area contributed by atoms with E-state index in [0.717, 1.165) is 10.0 Å². The Kier molecular flexibility index (Phi) is 5.52. The van der Waals surface area contributed by atoms with Crippen LogP contribution in [0.1, 0.15) is 28.4 Å². The lowest BCUT2D eigenvalue weighted by Gasteiger charge is -2.18. The van der Waals surface area contributed by atoms with Crippen molar-refractivity contribution in [3.05, 3.63) is 56.7 Å². The minimum atomic E-state index is -0.419. The number of hydrogen-bond donors (Lipinski definition) is 1. The molecular weight excluding hydrogens is 354 g/mol. The summed E-state index contributed by atoms with van der Waals surface area (Å²) in [7, 11) is 1.33. The Labute approximate surface area is 135 Å². The standard InChI is InChI=1S/C15H14BrNO3S/c1-20-14(18)8-13(10-2-4-12(16)5-3-10)17-15(19)11-6-7-21-9-11/h2-7,9,13H,8H2,1H3,(H,17,19). The Morgan fingerprint density at radius 2 is 2.00 bits per heavy atom. The summed E-state index contributed by atoms with van der Waals surface area (Å²) in [5.74, 6) is -0.568. The molecule has 0 bridgehead atoms. The molecule has 21 heavy (non-hydrogen) atoms. The lowest BCUT2D eigenvalue weighted by Crippen LogP contribution is -2.30. The number of esters is 1. The molecule has 0 fully saturated rings. The summed E-state index contributed by atoms with van der Waals surface area (Å²) in [6, 6.07) is 8.80. The van der Waals surface area contributed by atoms with Gasteiger partial charge in [0, 0.05) is 9.85 Å². The summed E-state index contributed by atoms with van der Waals surface area (Å²) in [6.45, 7) is 0. The summed E-state index contributed by atoms with van der Waals surface area (Å²) < 4.78 is 5.64. The van der Waals surface area contributed by atoms with Crippen molar-refractivity contribution in [2.45, 2.75) is 12.5 Å². The fourth-order valence-corrected chi connectivity index (χ4v) is 2.73. The van der Waals surface area contributed by atoms with Gasteiger partial charge in [0.05, 0.1) is 25.1 Å². The molecule has 0 aliphatic heterocycles. The first-order valence-corrected chi connectivity index (χ1v) is 7.99. The van der Waals surface area contributed by atoms with Gasteiger partial charge in [0.15, 0.2) is 0 Å². The van der Waals surface area contributed by atoms with Crippen LogP contribution in [0.4, 0.5) is 0 Å². The average molecular weight is 368 g/mol. The van der Waals surface area contributed by atoms with Crippen molar-refractivity contribution in [3.8, 4) is 0 Å². The van der Waals surface area contributed by atoms with E-state index >= 15 is 0 Å². The van der Waals surface area contributed by atoms with Gasteiger partial charge in [-0.2, -0.15) is 11.3 Å². The summed E-state index contributed by atoms with van der Waals surface area (Å²) in [5, 5.41) is 6.48. The number of methoxy groups -OCH3 is 1. The molecule has 1 atom stereocenters. The van der Waals surface area contributed by atoms with Gasteiger partial charge in [0.2, 0.25) is 0 Å². The van der Waals surface area contributed by atoms with E-state index in [4.69, 9.17) is 4.74 Å². The van der Waals surface area contributed by atoms with Crippen molar-refractivity contribution in [2.24, 2.45) is 0 Å². The SMILES string of the molecule is COC(=O)CC(NC(=O)c1ccsc1)c1ccc(Br)cc1. The predicted octanol–water partition coefficient (Wildman–Crippen LogP) is 3.54. The largest absolute Gasteiger partial charge is 0.469 e. The topological polar surface area (TPSA) is 55.4 Å². The Hall–Kier alpha value is -1.66. The molecule has 1 heterocycles. The molecule has 6 heteroatoms. The van der Waals surface area contributed by atoms with E-state index in [2.05, 4.69) is 21.2 Å². The smallest absolute Gasteiger partial charge is 0.307 e. The maximum Gasteiger partial charge on any atom is 0.307 e. The number of amides is 1. The number of rotatable bonds is 5. The van der Waals surface area contributed by atoms with E-state index in [1.807, 2.05) is 29.6 Å². The molecule has 0 radical (unpaired) electrons.